The predicted molar refractivity (Wildman–Crippen MR) is 154 cm³/mol. The minimum atomic E-state index is -0.258. The molecule has 0 unspecified atom stereocenters. The standard InChI is InChI=1S/C29H39N5O3S/c1-17-14-24(38-5)26(28(36)30-17)32-33-27(35)25-19(3)34(23-9-7-6-8-22(23)25)18(2)20-10-12-21(13-11-20)31-29(4)15-37-16-29/h6-9,14,18,20-21,31-32H,10-13,15-16H2,1-5H3,(H,30,36)(H,33,35)/t18-,20?,21?/m1/s1. The molecule has 4 N–H and O–H groups in total. The summed E-state index contributed by atoms with van der Waals surface area (Å²) in [7, 11) is 0. The number of ether oxygens (including phenoxy) is 1. The number of benzene rings is 1. The number of hydrogen-bond donors (Lipinski definition) is 4. The number of carbonyl (C=O) groups is 1. The molecule has 1 saturated heterocycles. The lowest BCUT2D eigenvalue weighted by atomic mass is 9.81. The monoisotopic (exact) mass is 537 g/mol. The third kappa shape index (κ3) is 5.11. The molecular weight excluding hydrogens is 498 g/mol. The highest BCUT2D eigenvalue weighted by atomic mass is 32.2. The smallest absolute Gasteiger partial charge is 0.274 e. The van der Waals surface area contributed by atoms with Gasteiger partial charge in [0.2, 0.25) is 0 Å². The summed E-state index contributed by atoms with van der Waals surface area (Å²) in [6.07, 6.45) is 6.52. The van der Waals surface area contributed by atoms with Crippen molar-refractivity contribution in [3.8, 4) is 0 Å². The minimum Gasteiger partial charge on any atom is -0.377 e. The van der Waals surface area contributed by atoms with E-state index in [1.807, 2.05) is 44.4 Å². The first-order chi connectivity index (χ1) is 18.2. The van der Waals surface area contributed by atoms with Crippen LogP contribution >= 0.6 is 11.8 Å². The maximum absolute atomic E-state index is 13.5. The van der Waals surface area contributed by atoms with Crippen molar-refractivity contribution in [3.63, 3.8) is 0 Å². The molecule has 204 valence electrons. The summed E-state index contributed by atoms with van der Waals surface area (Å²) in [5, 5.41) is 4.74. The van der Waals surface area contributed by atoms with Gasteiger partial charge < -0.3 is 19.6 Å². The second kappa shape index (κ2) is 10.8. The molecule has 0 bridgehead atoms. The highest BCUT2D eigenvalue weighted by molar-refractivity contribution is 7.98. The Kier molecular flexibility index (Phi) is 7.62. The lowest BCUT2D eigenvalue weighted by Gasteiger charge is -2.44. The van der Waals surface area contributed by atoms with Gasteiger partial charge in [0.05, 0.1) is 24.3 Å². The van der Waals surface area contributed by atoms with Crippen LogP contribution in [0, 0.1) is 19.8 Å². The van der Waals surface area contributed by atoms with Gasteiger partial charge in [-0.2, -0.15) is 0 Å². The van der Waals surface area contributed by atoms with Gasteiger partial charge in [0.25, 0.3) is 11.5 Å². The van der Waals surface area contributed by atoms with E-state index in [1.165, 1.54) is 11.8 Å². The van der Waals surface area contributed by atoms with E-state index in [9.17, 15) is 9.59 Å². The highest BCUT2D eigenvalue weighted by Gasteiger charge is 2.37. The number of thioether (sulfide) groups is 1. The quantitative estimate of drug-likeness (QED) is 0.240. The third-order valence-corrected chi connectivity index (χ3v) is 9.05. The topological polar surface area (TPSA) is 100 Å². The molecule has 5 rings (SSSR count). The van der Waals surface area contributed by atoms with E-state index in [4.69, 9.17) is 4.74 Å². The number of carbonyl (C=O) groups excluding carboxylic acids is 1. The Morgan fingerprint density at radius 2 is 1.89 bits per heavy atom. The average Bonchev–Trinajstić information content (AvgIpc) is 3.18. The Morgan fingerprint density at radius 3 is 2.55 bits per heavy atom. The molecule has 0 spiro atoms. The van der Waals surface area contributed by atoms with Crippen LogP contribution in [0.15, 0.2) is 40.0 Å². The Bertz CT molecular complexity index is 1380. The summed E-state index contributed by atoms with van der Waals surface area (Å²) in [5.74, 6) is 0.290. The van der Waals surface area contributed by atoms with Crippen LogP contribution in [-0.2, 0) is 4.74 Å². The van der Waals surface area contributed by atoms with Crippen LogP contribution in [0.2, 0.25) is 0 Å². The first kappa shape index (κ1) is 26.8. The number of anilines is 1. The van der Waals surface area contributed by atoms with Crippen molar-refractivity contribution < 1.29 is 9.53 Å². The van der Waals surface area contributed by atoms with Gasteiger partial charge in [-0.05, 0) is 77.7 Å². The van der Waals surface area contributed by atoms with Gasteiger partial charge >= 0.3 is 0 Å². The first-order valence-corrected chi connectivity index (χ1v) is 14.7. The number of fused-ring (bicyclic) bond motifs is 1. The molecule has 8 nitrogen and oxygen atoms in total. The van der Waals surface area contributed by atoms with E-state index >= 15 is 0 Å². The fourth-order valence-electron chi connectivity index (χ4n) is 6.26. The number of hydrazine groups is 1. The number of aromatic amines is 1. The van der Waals surface area contributed by atoms with Crippen LogP contribution in [-0.4, -0.2) is 46.5 Å². The van der Waals surface area contributed by atoms with Crippen LogP contribution in [0.3, 0.4) is 0 Å². The van der Waals surface area contributed by atoms with E-state index < -0.39 is 0 Å². The maximum Gasteiger partial charge on any atom is 0.274 e. The normalized spacial score (nSPS) is 21.6. The summed E-state index contributed by atoms with van der Waals surface area (Å²) < 4.78 is 7.76. The number of para-hydroxylation sites is 1. The zero-order chi connectivity index (χ0) is 27.0. The number of H-pyrrole nitrogens is 1. The zero-order valence-corrected chi connectivity index (χ0v) is 23.8. The van der Waals surface area contributed by atoms with Crippen LogP contribution < -0.4 is 21.7 Å². The maximum atomic E-state index is 13.5. The van der Waals surface area contributed by atoms with Gasteiger partial charge in [0, 0.05) is 39.3 Å². The Labute approximate surface area is 228 Å². The summed E-state index contributed by atoms with van der Waals surface area (Å²) in [6.45, 7) is 10.0. The Balaban J connectivity index is 1.35. The van der Waals surface area contributed by atoms with E-state index in [2.05, 4.69) is 45.6 Å². The molecule has 1 saturated carbocycles. The molecule has 38 heavy (non-hydrogen) atoms. The van der Waals surface area contributed by atoms with Crippen molar-refractivity contribution in [3.05, 3.63) is 57.6 Å². The molecule has 3 aromatic rings. The van der Waals surface area contributed by atoms with Gasteiger partial charge in [-0.15, -0.1) is 11.8 Å². The van der Waals surface area contributed by atoms with Crippen molar-refractivity contribution in [2.75, 3.05) is 24.9 Å². The SMILES string of the molecule is CSc1cc(C)[nH]c(=O)c1NNC(=O)c1c(C)n([C@H](C)C2CCC(NC3(C)COC3)CC2)c2ccccc12. The second-order valence-corrected chi connectivity index (χ2v) is 12.0. The number of hydrogen-bond acceptors (Lipinski definition) is 6. The number of nitrogens with one attached hydrogen (secondary N) is 4. The Hall–Kier alpha value is -2.75. The fraction of sp³-hybridized carbons (Fsp3) is 0.517. The van der Waals surface area contributed by atoms with Crippen molar-refractivity contribution in [2.24, 2.45) is 5.92 Å². The second-order valence-electron chi connectivity index (χ2n) is 11.2. The molecule has 2 aliphatic rings. The van der Waals surface area contributed by atoms with Gasteiger partial charge in [0.1, 0.15) is 5.69 Å². The van der Waals surface area contributed by atoms with Crippen LogP contribution in [0.1, 0.15) is 67.3 Å². The van der Waals surface area contributed by atoms with Gasteiger partial charge in [-0.1, -0.05) is 18.2 Å². The summed E-state index contributed by atoms with van der Waals surface area (Å²) in [4.78, 5) is 29.6. The van der Waals surface area contributed by atoms with Gasteiger partial charge in [0.15, 0.2) is 0 Å². The van der Waals surface area contributed by atoms with Crippen molar-refractivity contribution in [1.29, 1.82) is 0 Å². The average molecular weight is 538 g/mol. The molecule has 1 aliphatic heterocycles. The number of nitrogens with zero attached hydrogens (tertiary/aromatic N) is 1. The van der Waals surface area contributed by atoms with E-state index in [1.54, 1.807) is 0 Å². The van der Waals surface area contributed by atoms with Crippen LogP contribution in [0.25, 0.3) is 10.9 Å². The minimum absolute atomic E-state index is 0.132. The fourth-order valence-corrected chi connectivity index (χ4v) is 6.91. The molecule has 1 aromatic carbocycles. The third-order valence-electron chi connectivity index (χ3n) is 8.29. The zero-order valence-electron chi connectivity index (χ0n) is 22.9. The number of aromatic nitrogens is 2. The lowest BCUT2D eigenvalue weighted by Crippen LogP contribution is -2.61. The summed E-state index contributed by atoms with van der Waals surface area (Å²) >= 11 is 1.46. The number of aryl methyl sites for hydroxylation is 1. The molecule has 3 heterocycles. The van der Waals surface area contributed by atoms with E-state index in [0.29, 0.717) is 23.2 Å². The summed E-state index contributed by atoms with van der Waals surface area (Å²) in [5.41, 5.74) is 9.35. The molecule has 0 radical (unpaired) electrons. The van der Waals surface area contributed by atoms with E-state index in [-0.39, 0.29) is 23.0 Å². The number of rotatable bonds is 8. The molecular formula is C29H39N5O3S. The van der Waals surface area contributed by atoms with Gasteiger partial charge in [-0.25, -0.2) is 0 Å². The van der Waals surface area contributed by atoms with Crippen molar-refractivity contribution >= 4 is 34.3 Å². The van der Waals surface area contributed by atoms with Crippen molar-refractivity contribution in [2.45, 2.75) is 75.9 Å². The highest BCUT2D eigenvalue weighted by Crippen LogP contribution is 2.38. The lowest BCUT2D eigenvalue weighted by molar-refractivity contribution is -0.0719. The molecule has 1 atom stereocenters. The molecule has 9 heteroatoms. The largest absolute Gasteiger partial charge is 0.377 e. The molecule has 2 aromatic heterocycles. The van der Waals surface area contributed by atoms with Crippen molar-refractivity contribution in [1.82, 2.24) is 20.3 Å². The molecule has 1 aliphatic carbocycles. The summed E-state index contributed by atoms with van der Waals surface area (Å²) in [6, 6.07) is 10.8. The van der Waals surface area contributed by atoms with Crippen LogP contribution in [0.4, 0.5) is 5.69 Å². The molecule has 2 fully saturated rings. The Morgan fingerprint density at radius 1 is 1.18 bits per heavy atom. The first-order valence-electron chi connectivity index (χ1n) is 13.5. The number of amides is 1. The van der Waals surface area contributed by atoms with Crippen LogP contribution in [0.5, 0.6) is 0 Å². The van der Waals surface area contributed by atoms with Gasteiger partial charge in [-0.3, -0.25) is 20.4 Å². The van der Waals surface area contributed by atoms with E-state index in [0.717, 1.165) is 66.1 Å². The molecule has 1 amide bonds. The predicted octanol–water partition coefficient (Wildman–Crippen LogP) is 4.92. The number of pyridine rings is 1.